The Balaban J connectivity index is 1.87. The molecule has 0 saturated heterocycles. The molecule has 2 N–H and O–H groups in total. The van der Waals surface area contributed by atoms with Crippen molar-refractivity contribution in [1.29, 1.82) is 0 Å². The third kappa shape index (κ3) is 3.53. The first kappa shape index (κ1) is 19.3. The maximum Gasteiger partial charge on any atom is 0.419 e. The largest absolute Gasteiger partial charge is 0.496 e. The van der Waals surface area contributed by atoms with E-state index < -0.39 is 11.7 Å². The Hall–Kier alpha value is -3.07. The molecular formula is C20H19F3N4O2. The summed E-state index contributed by atoms with van der Waals surface area (Å²) in [5.74, 6) is 0.134. The zero-order valence-electron chi connectivity index (χ0n) is 15.8. The Morgan fingerprint density at radius 1 is 1.24 bits per heavy atom. The number of aromatic nitrogens is 3. The fourth-order valence-electron chi connectivity index (χ4n) is 3.44. The Morgan fingerprint density at radius 3 is 2.69 bits per heavy atom. The number of hydrogen-bond acceptors (Lipinski definition) is 5. The molecule has 1 unspecified atom stereocenters. The lowest BCUT2D eigenvalue weighted by atomic mass is 10.0. The summed E-state index contributed by atoms with van der Waals surface area (Å²) in [6.45, 7) is 2.30. The maximum absolute atomic E-state index is 13.2. The maximum atomic E-state index is 13.2. The van der Waals surface area contributed by atoms with Crippen molar-refractivity contribution in [3.8, 4) is 22.7 Å². The molecule has 1 aromatic carbocycles. The second kappa shape index (κ2) is 7.07. The molecule has 1 atom stereocenters. The lowest BCUT2D eigenvalue weighted by Gasteiger charge is -2.21. The molecule has 0 aliphatic carbocycles. The summed E-state index contributed by atoms with van der Waals surface area (Å²) in [5, 5.41) is 4.68. The van der Waals surface area contributed by atoms with Crippen LogP contribution in [0.3, 0.4) is 0 Å². The second-order valence-corrected chi connectivity index (χ2v) is 6.87. The van der Waals surface area contributed by atoms with Crippen LogP contribution in [0.15, 0.2) is 36.5 Å². The molecule has 29 heavy (non-hydrogen) atoms. The molecule has 4 rings (SSSR count). The van der Waals surface area contributed by atoms with Gasteiger partial charge in [0.1, 0.15) is 17.3 Å². The normalized spacial score (nSPS) is 16.5. The summed E-state index contributed by atoms with van der Waals surface area (Å²) in [5.41, 5.74) is 8.51. The van der Waals surface area contributed by atoms with E-state index in [4.69, 9.17) is 15.2 Å². The van der Waals surface area contributed by atoms with Gasteiger partial charge in [-0.25, -0.2) is 9.67 Å². The van der Waals surface area contributed by atoms with Crippen molar-refractivity contribution >= 4 is 5.82 Å². The number of pyridine rings is 1. The van der Waals surface area contributed by atoms with Gasteiger partial charge in [0.05, 0.1) is 36.8 Å². The second-order valence-electron chi connectivity index (χ2n) is 6.87. The van der Waals surface area contributed by atoms with Crippen LogP contribution in [0.1, 0.15) is 23.7 Å². The number of ether oxygens (including phenoxy) is 2. The number of fused-ring (bicyclic) bond motifs is 1. The molecule has 0 fully saturated rings. The molecule has 1 aliphatic rings. The molecule has 1 aliphatic heterocycles. The van der Waals surface area contributed by atoms with Crippen LogP contribution in [0.4, 0.5) is 19.0 Å². The number of anilines is 1. The minimum atomic E-state index is -4.50. The minimum absolute atomic E-state index is 0.0355. The number of nitrogens with two attached hydrogens (primary N) is 1. The molecular weight excluding hydrogens is 385 g/mol. The molecule has 3 aromatic rings. The zero-order chi connectivity index (χ0) is 20.8. The van der Waals surface area contributed by atoms with Crippen LogP contribution in [0.2, 0.25) is 0 Å². The van der Waals surface area contributed by atoms with Crippen LogP contribution in [0.25, 0.3) is 16.9 Å². The highest BCUT2D eigenvalue weighted by Gasteiger charge is 2.35. The third-order valence-corrected chi connectivity index (χ3v) is 4.88. The van der Waals surface area contributed by atoms with Crippen molar-refractivity contribution in [2.45, 2.75) is 32.2 Å². The summed E-state index contributed by atoms with van der Waals surface area (Å²) in [6, 6.07) is 7.23. The van der Waals surface area contributed by atoms with Crippen LogP contribution >= 0.6 is 0 Å². The van der Waals surface area contributed by atoms with Gasteiger partial charge in [-0.1, -0.05) is 0 Å². The summed E-state index contributed by atoms with van der Waals surface area (Å²) in [4.78, 5) is 4.11. The van der Waals surface area contributed by atoms with Gasteiger partial charge in [0.15, 0.2) is 0 Å². The lowest BCUT2D eigenvalue weighted by Crippen LogP contribution is -2.21. The molecule has 0 saturated carbocycles. The van der Waals surface area contributed by atoms with E-state index in [1.54, 1.807) is 23.0 Å². The number of benzene rings is 1. The number of alkyl halides is 3. The van der Waals surface area contributed by atoms with Gasteiger partial charge in [-0.3, -0.25) is 0 Å². The Labute approximate surface area is 165 Å². The first-order chi connectivity index (χ1) is 13.8. The first-order valence-corrected chi connectivity index (χ1v) is 8.98. The summed E-state index contributed by atoms with van der Waals surface area (Å²) in [7, 11) is 1.22. The van der Waals surface area contributed by atoms with Gasteiger partial charge in [-0.15, -0.1) is 0 Å². The van der Waals surface area contributed by atoms with Gasteiger partial charge in [0, 0.05) is 29.8 Å². The molecule has 152 valence electrons. The van der Waals surface area contributed by atoms with Crippen molar-refractivity contribution in [3.05, 3.63) is 53.3 Å². The minimum Gasteiger partial charge on any atom is -0.496 e. The quantitative estimate of drug-likeness (QED) is 0.714. The number of hydrogen-bond donors (Lipinski definition) is 1. The van der Waals surface area contributed by atoms with Crippen molar-refractivity contribution in [2.75, 3.05) is 12.8 Å². The molecule has 6 nitrogen and oxygen atoms in total. The molecule has 0 bridgehead atoms. The van der Waals surface area contributed by atoms with Gasteiger partial charge in [-0.05, 0) is 31.2 Å². The fraction of sp³-hybridized carbons (Fsp3) is 0.300. The number of methoxy groups -OCH3 is 1. The molecule has 3 heterocycles. The van der Waals surface area contributed by atoms with Crippen molar-refractivity contribution in [3.63, 3.8) is 0 Å². The Bertz CT molecular complexity index is 1050. The zero-order valence-corrected chi connectivity index (χ0v) is 15.8. The SMILES string of the molecule is COc1cc(-n2nc(-c3ccc(N)nc3)c3c2CC(C)OC3)ccc1C(F)(F)F. The van der Waals surface area contributed by atoms with Crippen LogP contribution < -0.4 is 10.5 Å². The monoisotopic (exact) mass is 404 g/mol. The average Bonchev–Trinajstić information content (AvgIpc) is 3.06. The van der Waals surface area contributed by atoms with E-state index in [9.17, 15) is 13.2 Å². The first-order valence-electron chi connectivity index (χ1n) is 8.98. The summed E-state index contributed by atoms with van der Waals surface area (Å²) < 4.78 is 52.1. The van der Waals surface area contributed by atoms with Gasteiger partial charge in [-0.2, -0.15) is 18.3 Å². The molecule has 9 heteroatoms. The molecule has 0 amide bonds. The standard InChI is InChI=1S/C20H19F3N4O2/c1-11-7-16-14(10-29-11)19(12-3-6-18(24)25-9-12)26-27(16)13-4-5-15(20(21,22)23)17(8-13)28-2/h3-6,8-9,11H,7,10H2,1-2H3,(H2,24,25). The van der Waals surface area contributed by atoms with Gasteiger partial charge in [0.25, 0.3) is 0 Å². The van der Waals surface area contributed by atoms with E-state index in [0.717, 1.165) is 22.9 Å². The average molecular weight is 404 g/mol. The van der Waals surface area contributed by atoms with Crippen LogP contribution in [-0.2, 0) is 23.9 Å². The summed E-state index contributed by atoms with van der Waals surface area (Å²) in [6.07, 6.45) is -2.34. The Kier molecular flexibility index (Phi) is 4.70. The van der Waals surface area contributed by atoms with Gasteiger partial charge in [0.2, 0.25) is 0 Å². The van der Waals surface area contributed by atoms with Crippen molar-refractivity contribution in [1.82, 2.24) is 14.8 Å². The smallest absolute Gasteiger partial charge is 0.419 e. The predicted octanol–water partition coefficient (Wildman–Crippen LogP) is 4.01. The lowest BCUT2D eigenvalue weighted by molar-refractivity contribution is -0.138. The highest BCUT2D eigenvalue weighted by atomic mass is 19.4. The molecule has 2 aromatic heterocycles. The van der Waals surface area contributed by atoms with Gasteiger partial charge >= 0.3 is 6.18 Å². The highest BCUT2D eigenvalue weighted by Crippen LogP contribution is 2.38. The van der Waals surface area contributed by atoms with E-state index in [-0.39, 0.29) is 11.9 Å². The van der Waals surface area contributed by atoms with Crippen LogP contribution in [0, 0.1) is 0 Å². The predicted molar refractivity (Wildman–Crippen MR) is 101 cm³/mol. The highest BCUT2D eigenvalue weighted by molar-refractivity contribution is 5.65. The third-order valence-electron chi connectivity index (χ3n) is 4.88. The van der Waals surface area contributed by atoms with Crippen molar-refractivity contribution in [2.24, 2.45) is 0 Å². The van der Waals surface area contributed by atoms with Crippen LogP contribution in [-0.4, -0.2) is 28.0 Å². The number of rotatable bonds is 3. The number of halogens is 3. The number of nitrogen functional groups attached to an aromatic ring is 1. The Morgan fingerprint density at radius 2 is 2.03 bits per heavy atom. The topological polar surface area (TPSA) is 75.2 Å². The van der Waals surface area contributed by atoms with E-state index in [2.05, 4.69) is 10.1 Å². The van der Waals surface area contributed by atoms with Gasteiger partial charge < -0.3 is 15.2 Å². The van der Waals surface area contributed by atoms with E-state index in [0.29, 0.717) is 30.2 Å². The number of nitrogens with zero attached hydrogens (tertiary/aromatic N) is 3. The van der Waals surface area contributed by atoms with Crippen LogP contribution in [0.5, 0.6) is 5.75 Å². The van der Waals surface area contributed by atoms with Crippen molar-refractivity contribution < 1.29 is 22.6 Å². The van der Waals surface area contributed by atoms with E-state index in [1.807, 2.05) is 6.92 Å². The molecule has 0 spiro atoms. The summed E-state index contributed by atoms with van der Waals surface area (Å²) >= 11 is 0. The van der Waals surface area contributed by atoms with E-state index >= 15 is 0 Å². The molecule has 0 radical (unpaired) electrons. The fourth-order valence-corrected chi connectivity index (χ4v) is 3.44. The van der Waals surface area contributed by atoms with E-state index in [1.165, 1.54) is 19.2 Å².